The van der Waals surface area contributed by atoms with E-state index in [-0.39, 0.29) is 17.5 Å². The summed E-state index contributed by atoms with van der Waals surface area (Å²) in [7, 11) is -1.26. The van der Waals surface area contributed by atoms with Crippen molar-refractivity contribution in [3.63, 3.8) is 0 Å². The number of hydrogen-bond donors (Lipinski definition) is 1. The van der Waals surface area contributed by atoms with Gasteiger partial charge in [-0.25, -0.2) is 8.42 Å². The van der Waals surface area contributed by atoms with Gasteiger partial charge in [0, 0.05) is 30.4 Å². The van der Waals surface area contributed by atoms with Gasteiger partial charge in [0.15, 0.2) is 9.84 Å². The number of benzene rings is 1. The Labute approximate surface area is 114 Å². The highest BCUT2D eigenvalue weighted by molar-refractivity contribution is 7.91. The molecule has 1 fully saturated rings. The van der Waals surface area contributed by atoms with E-state index in [0.29, 0.717) is 13.1 Å². The van der Waals surface area contributed by atoms with Crippen LogP contribution in [0.3, 0.4) is 0 Å². The van der Waals surface area contributed by atoms with E-state index in [4.69, 9.17) is 10.5 Å². The second kappa shape index (κ2) is 5.38. The van der Waals surface area contributed by atoms with Crippen LogP contribution in [0.1, 0.15) is 18.5 Å². The molecule has 0 aromatic heterocycles. The summed E-state index contributed by atoms with van der Waals surface area (Å²) >= 11 is 0. The normalized spacial score (nSPS) is 20.1. The second-order valence-corrected chi connectivity index (χ2v) is 7.12. The van der Waals surface area contributed by atoms with E-state index in [0.717, 1.165) is 17.0 Å². The molecule has 2 rings (SSSR count). The fourth-order valence-corrected chi connectivity index (χ4v) is 3.60. The monoisotopic (exact) mass is 284 g/mol. The maximum Gasteiger partial charge on any atom is 0.153 e. The third kappa shape index (κ3) is 3.01. The molecule has 1 heterocycles. The number of nitrogens with two attached hydrogens (primary N) is 1. The molecule has 0 unspecified atom stereocenters. The summed E-state index contributed by atoms with van der Waals surface area (Å²) in [6.45, 7) is 2.92. The lowest BCUT2D eigenvalue weighted by atomic mass is 10.0. The Hall–Kier alpha value is -1.27. The molecule has 0 aliphatic carbocycles. The molecule has 0 saturated carbocycles. The third-order valence-corrected chi connectivity index (χ3v) is 5.01. The van der Waals surface area contributed by atoms with Gasteiger partial charge in [-0.3, -0.25) is 0 Å². The first kappa shape index (κ1) is 14.1. The predicted octanol–water partition coefficient (Wildman–Crippen LogP) is 0.950. The van der Waals surface area contributed by atoms with Crippen LogP contribution in [0.5, 0.6) is 5.75 Å². The van der Waals surface area contributed by atoms with E-state index in [1.807, 2.05) is 25.1 Å². The third-order valence-electron chi connectivity index (χ3n) is 3.40. The van der Waals surface area contributed by atoms with E-state index in [2.05, 4.69) is 4.90 Å². The van der Waals surface area contributed by atoms with Gasteiger partial charge < -0.3 is 15.4 Å². The molecule has 106 valence electrons. The van der Waals surface area contributed by atoms with Gasteiger partial charge in [0.1, 0.15) is 5.75 Å². The van der Waals surface area contributed by atoms with Crippen molar-refractivity contribution in [1.82, 2.24) is 0 Å². The Kier molecular flexibility index (Phi) is 4.01. The molecule has 0 spiro atoms. The minimum atomic E-state index is -2.88. The molecule has 0 amide bonds. The van der Waals surface area contributed by atoms with Gasteiger partial charge in [-0.2, -0.15) is 0 Å². The number of nitrogens with zero attached hydrogens (tertiary/aromatic N) is 1. The average Bonchev–Trinajstić information content (AvgIpc) is 2.37. The van der Waals surface area contributed by atoms with Gasteiger partial charge >= 0.3 is 0 Å². The van der Waals surface area contributed by atoms with Crippen LogP contribution in [0.15, 0.2) is 18.2 Å². The molecule has 1 aromatic carbocycles. The van der Waals surface area contributed by atoms with Crippen LogP contribution in [0.4, 0.5) is 5.69 Å². The molecule has 0 radical (unpaired) electrons. The number of methoxy groups -OCH3 is 1. The molecule has 1 atom stereocenters. The SMILES string of the molecule is COc1cccc(N2CCS(=O)(=O)CC2)c1[C@H](C)N. The number of sulfone groups is 1. The van der Waals surface area contributed by atoms with Crippen LogP contribution >= 0.6 is 0 Å². The standard InChI is InChI=1S/C13H20N2O3S/c1-10(14)13-11(4-3-5-12(13)18-2)15-6-8-19(16,17)9-7-15/h3-5,10H,6-9,14H2,1-2H3/t10-/m0/s1. The van der Waals surface area contributed by atoms with E-state index >= 15 is 0 Å². The van der Waals surface area contributed by atoms with E-state index in [1.165, 1.54) is 0 Å². The molecule has 5 nitrogen and oxygen atoms in total. The van der Waals surface area contributed by atoms with Crippen molar-refractivity contribution in [1.29, 1.82) is 0 Å². The van der Waals surface area contributed by atoms with Crippen LogP contribution in [-0.2, 0) is 9.84 Å². The molecule has 1 aliphatic heterocycles. The number of anilines is 1. The zero-order valence-electron chi connectivity index (χ0n) is 11.3. The molecular formula is C13H20N2O3S. The van der Waals surface area contributed by atoms with Crippen LogP contribution in [0, 0.1) is 0 Å². The van der Waals surface area contributed by atoms with Crippen LogP contribution < -0.4 is 15.4 Å². The number of hydrogen-bond acceptors (Lipinski definition) is 5. The summed E-state index contributed by atoms with van der Waals surface area (Å²) in [4.78, 5) is 2.07. The maximum absolute atomic E-state index is 11.5. The van der Waals surface area contributed by atoms with Gasteiger partial charge in [0.2, 0.25) is 0 Å². The average molecular weight is 284 g/mol. The molecular weight excluding hydrogens is 264 g/mol. The lowest BCUT2D eigenvalue weighted by molar-refractivity contribution is 0.407. The van der Waals surface area contributed by atoms with Gasteiger partial charge in [-0.05, 0) is 19.1 Å². The Balaban J connectivity index is 2.35. The highest BCUT2D eigenvalue weighted by Crippen LogP contribution is 2.34. The van der Waals surface area contributed by atoms with E-state index < -0.39 is 9.84 Å². The summed E-state index contributed by atoms with van der Waals surface area (Å²) in [5.74, 6) is 1.14. The first-order valence-corrected chi connectivity index (χ1v) is 8.14. The minimum absolute atomic E-state index is 0.162. The number of rotatable bonds is 3. The molecule has 6 heteroatoms. The Morgan fingerprint density at radius 2 is 1.95 bits per heavy atom. The first-order chi connectivity index (χ1) is 8.94. The topological polar surface area (TPSA) is 72.6 Å². The van der Waals surface area contributed by atoms with Crippen molar-refractivity contribution < 1.29 is 13.2 Å². The summed E-state index contributed by atoms with van der Waals surface area (Å²) in [6, 6.07) is 5.59. The van der Waals surface area contributed by atoms with Gasteiger partial charge in [0.25, 0.3) is 0 Å². The molecule has 1 saturated heterocycles. The minimum Gasteiger partial charge on any atom is -0.496 e. The zero-order valence-corrected chi connectivity index (χ0v) is 12.1. The van der Waals surface area contributed by atoms with Gasteiger partial charge in [0.05, 0.1) is 18.6 Å². The Morgan fingerprint density at radius 1 is 1.32 bits per heavy atom. The number of ether oxygens (including phenoxy) is 1. The lowest BCUT2D eigenvalue weighted by Crippen LogP contribution is -2.41. The molecule has 1 aliphatic rings. The van der Waals surface area contributed by atoms with Crippen molar-refractivity contribution in [3.8, 4) is 5.75 Å². The highest BCUT2D eigenvalue weighted by Gasteiger charge is 2.25. The van der Waals surface area contributed by atoms with E-state index in [1.54, 1.807) is 7.11 Å². The largest absolute Gasteiger partial charge is 0.496 e. The maximum atomic E-state index is 11.5. The summed E-state index contributed by atoms with van der Waals surface area (Å²) < 4.78 is 28.3. The first-order valence-electron chi connectivity index (χ1n) is 6.32. The van der Waals surface area contributed by atoms with Crippen molar-refractivity contribution in [2.75, 3.05) is 36.6 Å². The van der Waals surface area contributed by atoms with Crippen molar-refractivity contribution >= 4 is 15.5 Å². The fraction of sp³-hybridized carbons (Fsp3) is 0.538. The van der Waals surface area contributed by atoms with E-state index in [9.17, 15) is 8.42 Å². The van der Waals surface area contributed by atoms with Crippen molar-refractivity contribution in [3.05, 3.63) is 23.8 Å². The summed E-state index contributed by atoms with van der Waals surface area (Å²) in [6.07, 6.45) is 0. The molecule has 19 heavy (non-hydrogen) atoms. The molecule has 2 N–H and O–H groups in total. The second-order valence-electron chi connectivity index (χ2n) is 4.82. The van der Waals surface area contributed by atoms with Crippen molar-refractivity contribution in [2.45, 2.75) is 13.0 Å². The lowest BCUT2D eigenvalue weighted by Gasteiger charge is -2.32. The fourth-order valence-electron chi connectivity index (χ4n) is 2.40. The van der Waals surface area contributed by atoms with Crippen LogP contribution in [0.2, 0.25) is 0 Å². The summed E-state index contributed by atoms with van der Waals surface area (Å²) in [5.41, 5.74) is 7.94. The van der Waals surface area contributed by atoms with Crippen LogP contribution in [0.25, 0.3) is 0 Å². The van der Waals surface area contributed by atoms with Crippen LogP contribution in [-0.4, -0.2) is 40.1 Å². The van der Waals surface area contributed by atoms with Crippen molar-refractivity contribution in [2.24, 2.45) is 5.73 Å². The molecule has 1 aromatic rings. The Bertz CT molecular complexity index is 541. The molecule has 0 bridgehead atoms. The quantitative estimate of drug-likeness (QED) is 0.894. The van der Waals surface area contributed by atoms with Gasteiger partial charge in [-0.15, -0.1) is 0 Å². The highest BCUT2D eigenvalue weighted by atomic mass is 32.2. The smallest absolute Gasteiger partial charge is 0.153 e. The predicted molar refractivity (Wildman–Crippen MR) is 76.5 cm³/mol. The summed E-state index contributed by atoms with van der Waals surface area (Å²) in [5, 5.41) is 0. The Morgan fingerprint density at radius 3 is 2.47 bits per heavy atom. The zero-order chi connectivity index (χ0) is 14.0. The van der Waals surface area contributed by atoms with Gasteiger partial charge in [-0.1, -0.05) is 6.07 Å².